The second kappa shape index (κ2) is 4.61. The van der Waals surface area contributed by atoms with E-state index >= 15 is 0 Å². The number of aliphatic hydroxyl groups is 2. The lowest BCUT2D eigenvalue weighted by Crippen LogP contribution is -2.44. The summed E-state index contributed by atoms with van der Waals surface area (Å²) in [6, 6.07) is 0. The normalized spacial score (nSPS) is 37.8. The summed E-state index contributed by atoms with van der Waals surface area (Å²) in [5.74, 6) is 2.00. The third-order valence-corrected chi connectivity index (χ3v) is 2.49. The molecule has 0 aromatic rings. The maximum atomic E-state index is 13.6. The van der Waals surface area contributed by atoms with E-state index in [4.69, 9.17) is 16.3 Å². The van der Waals surface area contributed by atoms with Gasteiger partial charge in [0.15, 0.2) is 18.0 Å². The zero-order valence-electron chi connectivity index (χ0n) is 8.41. The SMILES string of the molecule is C#CC1(CO)OC(N(C=C)C=O)C(F)C1O. The molecule has 0 aliphatic carbocycles. The van der Waals surface area contributed by atoms with Crippen LogP contribution in [0.3, 0.4) is 0 Å². The molecule has 6 heteroatoms. The van der Waals surface area contributed by atoms with Crippen molar-refractivity contribution in [3.05, 3.63) is 12.8 Å². The summed E-state index contributed by atoms with van der Waals surface area (Å²) in [6.45, 7) is 2.54. The van der Waals surface area contributed by atoms with Gasteiger partial charge < -0.3 is 14.9 Å². The molecule has 5 nitrogen and oxygen atoms in total. The van der Waals surface area contributed by atoms with E-state index in [0.717, 1.165) is 11.1 Å². The second-order valence-electron chi connectivity index (χ2n) is 3.32. The average molecular weight is 229 g/mol. The van der Waals surface area contributed by atoms with Gasteiger partial charge in [0.25, 0.3) is 0 Å². The van der Waals surface area contributed by atoms with Crippen molar-refractivity contribution in [1.82, 2.24) is 4.90 Å². The van der Waals surface area contributed by atoms with Gasteiger partial charge in [-0.25, -0.2) is 4.39 Å². The molecule has 0 aromatic carbocycles. The van der Waals surface area contributed by atoms with Crippen LogP contribution in [0.1, 0.15) is 0 Å². The van der Waals surface area contributed by atoms with Gasteiger partial charge in [-0.05, 0) is 0 Å². The van der Waals surface area contributed by atoms with Crippen LogP contribution < -0.4 is 0 Å². The van der Waals surface area contributed by atoms with Gasteiger partial charge in [0, 0.05) is 6.20 Å². The standard InChI is InChI=1S/C10H12FNO4/c1-3-10(5-13)8(15)7(11)9(16-10)12(4-2)6-14/h1,4,6-9,13,15H,2,5H2. The van der Waals surface area contributed by atoms with Crippen molar-refractivity contribution in [2.75, 3.05) is 6.61 Å². The first-order chi connectivity index (χ1) is 7.56. The van der Waals surface area contributed by atoms with Crippen molar-refractivity contribution in [1.29, 1.82) is 0 Å². The first kappa shape index (κ1) is 12.6. The highest BCUT2D eigenvalue weighted by atomic mass is 19.1. The van der Waals surface area contributed by atoms with E-state index in [-0.39, 0.29) is 0 Å². The fraction of sp³-hybridized carbons (Fsp3) is 0.500. The number of amides is 1. The van der Waals surface area contributed by atoms with E-state index in [9.17, 15) is 14.3 Å². The average Bonchev–Trinajstić information content (AvgIpc) is 2.56. The van der Waals surface area contributed by atoms with Gasteiger partial charge in [-0.1, -0.05) is 12.5 Å². The molecular formula is C10H12FNO4. The van der Waals surface area contributed by atoms with E-state index in [0.29, 0.717) is 6.41 Å². The van der Waals surface area contributed by atoms with Crippen molar-refractivity contribution < 1.29 is 24.1 Å². The van der Waals surface area contributed by atoms with Crippen LogP contribution in [0.25, 0.3) is 0 Å². The lowest BCUT2D eigenvalue weighted by atomic mass is 9.98. The molecule has 1 heterocycles. The van der Waals surface area contributed by atoms with Gasteiger partial charge in [0.2, 0.25) is 6.41 Å². The number of aliphatic hydroxyl groups excluding tert-OH is 2. The first-order valence-corrected chi connectivity index (χ1v) is 4.50. The number of terminal acetylenes is 1. The van der Waals surface area contributed by atoms with Crippen LogP contribution in [-0.2, 0) is 9.53 Å². The number of halogens is 1. The molecule has 1 aliphatic rings. The quantitative estimate of drug-likeness (QED) is 0.479. The van der Waals surface area contributed by atoms with E-state index in [1.54, 1.807) is 0 Å². The molecule has 16 heavy (non-hydrogen) atoms. The van der Waals surface area contributed by atoms with Crippen molar-refractivity contribution >= 4 is 6.41 Å². The molecule has 1 fully saturated rings. The van der Waals surface area contributed by atoms with E-state index < -0.39 is 30.7 Å². The van der Waals surface area contributed by atoms with Crippen LogP contribution in [0.2, 0.25) is 0 Å². The Bertz CT molecular complexity index is 321. The maximum Gasteiger partial charge on any atom is 0.215 e. The minimum atomic E-state index is -1.91. The van der Waals surface area contributed by atoms with Crippen LogP contribution in [0, 0.1) is 12.3 Å². The molecule has 0 aromatic heterocycles. The van der Waals surface area contributed by atoms with Gasteiger partial charge in [-0.2, -0.15) is 0 Å². The number of alkyl halides is 1. The van der Waals surface area contributed by atoms with Crippen LogP contribution in [0.4, 0.5) is 4.39 Å². The Balaban J connectivity index is 2.99. The van der Waals surface area contributed by atoms with Gasteiger partial charge in [-0.3, -0.25) is 9.69 Å². The minimum absolute atomic E-state index is 0.293. The molecule has 1 amide bonds. The summed E-state index contributed by atoms with van der Waals surface area (Å²) in [4.78, 5) is 11.4. The monoisotopic (exact) mass is 229 g/mol. The van der Waals surface area contributed by atoms with E-state index in [1.165, 1.54) is 0 Å². The molecule has 2 N–H and O–H groups in total. The molecule has 0 bridgehead atoms. The van der Waals surface area contributed by atoms with Gasteiger partial charge in [0.05, 0.1) is 6.61 Å². The molecule has 0 radical (unpaired) electrons. The lowest BCUT2D eigenvalue weighted by Gasteiger charge is -2.24. The van der Waals surface area contributed by atoms with Crippen molar-refractivity contribution in [3.8, 4) is 12.3 Å². The molecule has 4 unspecified atom stereocenters. The molecule has 1 rings (SSSR count). The predicted octanol–water partition coefficient (Wildman–Crippen LogP) is -0.992. The molecule has 1 saturated heterocycles. The Labute approximate surface area is 92.1 Å². The number of hydrogen-bond acceptors (Lipinski definition) is 4. The molecular weight excluding hydrogens is 217 g/mol. The first-order valence-electron chi connectivity index (χ1n) is 4.50. The fourth-order valence-corrected chi connectivity index (χ4v) is 1.49. The third kappa shape index (κ3) is 1.69. The Morgan fingerprint density at radius 3 is 2.69 bits per heavy atom. The molecule has 88 valence electrons. The van der Waals surface area contributed by atoms with Crippen molar-refractivity contribution in [2.45, 2.75) is 24.1 Å². The van der Waals surface area contributed by atoms with Crippen LogP contribution in [0.15, 0.2) is 12.8 Å². The van der Waals surface area contributed by atoms with Crippen LogP contribution in [0.5, 0.6) is 0 Å². The van der Waals surface area contributed by atoms with E-state index in [2.05, 4.69) is 6.58 Å². The lowest BCUT2D eigenvalue weighted by molar-refractivity contribution is -0.136. The van der Waals surface area contributed by atoms with Gasteiger partial charge in [-0.15, -0.1) is 6.42 Å². The van der Waals surface area contributed by atoms with E-state index in [1.807, 2.05) is 5.92 Å². The van der Waals surface area contributed by atoms with Crippen molar-refractivity contribution in [2.24, 2.45) is 0 Å². The number of rotatable bonds is 4. The third-order valence-electron chi connectivity index (χ3n) is 2.49. The zero-order valence-corrected chi connectivity index (χ0v) is 8.41. The number of carbonyl (C=O) groups excluding carboxylic acids is 1. The number of hydrogen-bond donors (Lipinski definition) is 2. The number of nitrogens with zero attached hydrogens (tertiary/aromatic N) is 1. The Morgan fingerprint density at radius 1 is 1.75 bits per heavy atom. The zero-order chi connectivity index (χ0) is 12.3. The topological polar surface area (TPSA) is 70.0 Å². The Hall–Kier alpha value is -1.42. The Kier molecular flexibility index (Phi) is 3.65. The van der Waals surface area contributed by atoms with Crippen LogP contribution >= 0.6 is 0 Å². The summed E-state index contributed by atoms with van der Waals surface area (Å²) in [5, 5.41) is 18.6. The number of carbonyl (C=O) groups is 1. The van der Waals surface area contributed by atoms with Crippen LogP contribution in [-0.4, -0.2) is 52.2 Å². The van der Waals surface area contributed by atoms with Crippen molar-refractivity contribution in [3.63, 3.8) is 0 Å². The van der Waals surface area contributed by atoms with Gasteiger partial charge >= 0.3 is 0 Å². The summed E-state index contributed by atoms with van der Waals surface area (Å²) in [7, 11) is 0. The summed E-state index contributed by atoms with van der Waals surface area (Å²) < 4.78 is 18.7. The smallest absolute Gasteiger partial charge is 0.215 e. The molecule has 4 atom stereocenters. The number of ether oxygens (including phenoxy) is 1. The minimum Gasteiger partial charge on any atom is -0.392 e. The molecule has 0 saturated carbocycles. The maximum absolute atomic E-state index is 13.6. The van der Waals surface area contributed by atoms with Gasteiger partial charge in [0.1, 0.15) is 6.10 Å². The largest absolute Gasteiger partial charge is 0.392 e. The predicted molar refractivity (Wildman–Crippen MR) is 52.5 cm³/mol. The Morgan fingerprint density at radius 2 is 2.38 bits per heavy atom. The second-order valence-corrected chi connectivity index (χ2v) is 3.32. The molecule has 0 spiro atoms. The summed E-state index contributed by atoms with van der Waals surface area (Å²) >= 11 is 0. The molecule has 1 aliphatic heterocycles. The summed E-state index contributed by atoms with van der Waals surface area (Å²) in [5.41, 5.74) is -1.83. The fourth-order valence-electron chi connectivity index (χ4n) is 1.49. The highest BCUT2D eigenvalue weighted by Gasteiger charge is 2.55. The highest BCUT2D eigenvalue weighted by molar-refractivity contribution is 5.49. The summed E-state index contributed by atoms with van der Waals surface area (Å²) in [6.07, 6.45) is 1.43. The highest BCUT2D eigenvalue weighted by Crippen LogP contribution is 2.33.